The van der Waals surface area contributed by atoms with Gasteiger partial charge in [0.05, 0.1) is 11.7 Å². The second kappa shape index (κ2) is 8.43. The fourth-order valence-corrected chi connectivity index (χ4v) is 4.56. The minimum Gasteiger partial charge on any atom is -0.478 e. The van der Waals surface area contributed by atoms with E-state index in [1.54, 1.807) is 12.1 Å². The van der Waals surface area contributed by atoms with E-state index in [4.69, 9.17) is 5.11 Å². The van der Waals surface area contributed by atoms with Gasteiger partial charge in [-0.1, -0.05) is 49.8 Å². The average Bonchev–Trinajstić information content (AvgIpc) is 2.98. The molecule has 146 valence electrons. The lowest BCUT2D eigenvalue weighted by molar-refractivity contribution is -0.0176. The van der Waals surface area contributed by atoms with E-state index in [0.29, 0.717) is 17.4 Å². The molecule has 3 rings (SSSR count). The van der Waals surface area contributed by atoms with Gasteiger partial charge >= 0.3 is 5.97 Å². The summed E-state index contributed by atoms with van der Waals surface area (Å²) >= 11 is 0. The minimum atomic E-state index is -0.881. The van der Waals surface area contributed by atoms with Crippen LogP contribution in [0.5, 0.6) is 0 Å². The molecule has 2 aliphatic rings. The summed E-state index contributed by atoms with van der Waals surface area (Å²) in [6.07, 6.45) is 12.8. The number of hydrogen-bond donors (Lipinski definition) is 2. The highest BCUT2D eigenvalue weighted by Crippen LogP contribution is 2.44. The number of allylic oxidation sites excluding steroid dienone is 2. The van der Waals surface area contributed by atoms with Gasteiger partial charge in [-0.25, -0.2) is 4.79 Å². The molecule has 1 aromatic rings. The maximum Gasteiger partial charge on any atom is 0.335 e. The summed E-state index contributed by atoms with van der Waals surface area (Å²) in [5.41, 5.74) is 2.98. The molecule has 0 amide bonds. The smallest absolute Gasteiger partial charge is 0.335 e. The third-order valence-corrected chi connectivity index (χ3v) is 6.83. The lowest BCUT2D eigenvalue weighted by Gasteiger charge is -2.42. The predicted octanol–water partition coefficient (Wildman–Crippen LogP) is 5.40. The van der Waals surface area contributed by atoms with Gasteiger partial charge in [0, 0.05) is 0 Å². The van der Waals surface area contributed by atoms with Gasteiger partial charge in [0.2, 0.25) is 0 Å². The summed E-state index contributed by atoms with van der Waals surface area (Å²) < 4.78 is 0. The summed E-state index contributed by atoms with van der Waals surface area (Å²) in [5.74, 6) is 0.114. The van der Waals surface area contributed by atoms with Gasteiger partial charge in [-0.15, -0.1) is 0 Å². The quantitative estimate of drug-likeness (QED) is 0.604. The number of carboxylic acids is 1. The molecule has 0 saturated heterocycles. The van der Waals surface area contributed by atoms with Crippen LogP contribution in [0.15, 0.2) is 48.6 Å². The maximum absolute atomic E-state index is 11.0. The van der Waals surface area contributed by atoms with E-state index in [1.165, 1.54) is 17.6 Å². The third kappa shape index (κ3) is 4.70. The Kier molecular flexibility index (Phi) is 6.21. The first-order valence-electron chi connectivity index (χ1n) is 10.2. The van der Waals surface area contributed by atoms with Crippen molar-refractivity contribution in [2.45, 2.75) is 64.4 Å². The van der Waals surface area contributed by atoms with Crippen molar-refractivity contribution in [3.05, 3.63) is 59.7 Å². The van der Waals surface area contributed by atoms with Crippen LogP contribution in [0.1, 0.15) is 67.8 Å². The first-order valence-corrected chi connectivity index (χ1v) is 10.2. The largest absolute Gasteiger partial charge is 0.478 e. The highest BCUT2D eigenvalue weighted by atomic mass is 16.4. The Balaban J connectivity index is 1.52. The Bertz CT molecular complexity index is 697. The summed E-state index contributed by atoms with van der Waals surface area (Å²) in [4.78, 5) is 11.0. The zero-order chi connectivity index (χ0) is 19.4. The van der Waals surface area contributed by atoms with Crippen LogP contribution in [-0.4, -0.2) is 22.3 Å². The Hall–Kier alpha value is -1.87. The van der Waals surface area contributed by atoms with E-state index in [9.17, 15) is 9.90 Å². The van der Waals surface area contributed by atoms with Crippen molar-refractivity contribution in [1.82, 2.24) is 0 Å². The first-order chi connectivity index (χ1) is 12.9. The molecule has 3 heteroatoms. The summed E-state index contributed by atoms with van der Waals surface area (Å²) in [5, 5.41) is 19.4. The van der Waals surface area contributed by atoms with Crippen LogP contribution in [0.25, 0.3) is 0 Å². The first kappa shape index (κ1) is 19.9. The molecule has 1 aromatic carbocycles. The van der Waals surface area contributed by atoms with Gasteiger partial charge in [-0.3, -0.25) is 0 Å². The zero-order valence-corrected chi connectivity index (χ0v) is 16.4. The van der Waals surface area contributed by atoms with Crippen molar-refractivity contribution < 1.29 is 15.0 Å². The van der Waals surface area contributed by atoms with Gasteiger partial charge < -0.3 is 10.2 Å². The molecule has 2 saturated carbocycles. The molecule has 0 bridgehead atoms. The fraction of sp³-hybridized carbons (Fsp3) is 0.542. The predicted molar refractivity (Wildman–Crippen MR) is 109 cm³/mol. The van der Waals surface area contributed by atoms with Crippen LogP contribution in [0.2, 0.25) is 0 Å². The minimum absolute atomic E-state index is 0.130. The van der Waals surface area contributed by atoms with Crippen LogP contribution >= 0.6 is 0 Å². The van der Waals surface area contributed by atoms with E-state index in [1.807, 2.05) is 12.1 Å². The van der Waals surface area contributed by atoms with Crippen LogP contribution in [0.4, 0.5) is 0 Å². The molecule has 3 atom stereocenters. The molecule has 2 fully saturated rings. The zero-order valence-electron chi connectivity index (χ0n) is 16.4. The molecule has 27 heavy (non-hydrogen) atoms. The molecule has 0 aromatic heterocycles. The van der Waals surface area contributed by atoms with Crippen LogP contribution in [0.3, 0.4) is 0 Å². The van der Waals surface area contributed by atoms with Gasteiger partial charge in [-0.2, -0.15) is 0 Å². The molecular weight excluding hydrogens is 336 g/mol. The van der Waals surface area contributed by atoms with Crippen molar-refractivity contribution in [3.63, 3.8) is 0 Å². The van der Waals surface area contributed by atoms with Crippen LogP contribution in [0, 0.1) is 17.3 Å². The molecule has 0 aliphatic heterocycles. The number of carboxylic acid groups (broad SMARTS) is 1. The number of carbonyl (C=O) groups is 1. The number of benzene rings is 1. The van der Waals surface area contributed by atoms with Crippen molar-refractivity contribution in [3.8, 4) is 0 Å². The monoisotopic (exact) mass is 368 g/mol. The molecule has 2 aliphatic carbocycles. The van der Waals surface area contributed by atoms with Gasteiger partial charge in [-0.05, 0) is 79.9 Å². The number of aryl methyl sites for hydroxylation is 1. The highest BCUT2D eigenvalue weighted by molar-refractivity contribution is 5.87. The maximum atomic E-state index is 11.0. The van der Waals surface area contributed by atoms with Crippen molar-refractivity contribution >= 4 is 5.97 Å². The molecule has 0 radical (unpaired) electrons. The normalized spacial score (nSPS) is 25.5. The molecular formula is C24H32O3. The van der Waals surface area contributed by atoms with Gasteiger partial charge in [0.1, 0.15) is 0 Å². The lowest BCUT2D eigenvalue weighted by Crippen LogP contribution is -2.38. The average molecular weight is 369 g/mol. The number of aliphatic hydroxyl groups excluding tert-OH is 1. The van der Waals surface area contributed by atoms with Crippen LogP contribution < -0.4 is 0 Å². The van der Waals surface area contributed by atoms with Gasteiger partial charge in [0.15, 0.2) is 0 Å². The SMILES string of the molecule is C=C1CC[C@H](/C=C/CC(O)C2(C)CCC2)[C@H]1CCc1ccc(C(=O)O)cc1. The third-order valence-electron chi connectivity index (χ3n) is 6.83. The number of hydrogen-bond acceptors (Lipinski definition) is 2. The van der Waals surface area contributed by atoms with E-state index >= 15 is 0 Å². The fourth-order valence-electron chi connectivity index (χ4n) is 4.56. The second-order valence-corrected chi connectivity index (χ2v) is 8.70. The van der Waals surface area contributed by atoms with E-state index in [-0.39, 0.29) is 11.5 Å². The number of rotatable bonds is 8. The Morgan fingerprint density at radius 1 is 1.33 bits per heavy atom. The van der Waals surface area contributed by atoms with Gasteiger partial charge in [0.25, 0.3) is 0 Å². The Morgan fingerprint density at radius 3 is 2.63 bits per heavy atom. The number of aromatic carboxylic acids is 1. The van der Waals surface area contributed by atoms with E-state index in [2.05, 4.69) is 25.7 Å². The summed E-state index contributed by atoms with van der Waals surface area (Å²) in [7, 11) is 0. The lowest BCUT2D eigenvalue weighted by atomic mass is 9.66. The summed E-state index contributed by atoms with van der Waals surface area (Å²) in [6, 6.07) is 7.20. The highest BCUT2D eigenvalue weighted by Gasteiger charge is 2.38. The van der Waals surface area contributed by atoms with E-state index in [0.717, 1.165) is 44.9 Å². The van der Waals surface area contributed by atoms with Crippen molar-refractivity contribution in [2.75, 3.05) is 0 Å². The summed E-state index contributed by atoms with van der Waals surface area (Å²) in [6.45, 7) is 6.48. The number of aliphatic hydroxyl groups is 1. The molecule has 3 nitrogen and oxygen atoms in total. The molecule has 0 heterocycles. The second-order valence-electron chi connectivity index (χ2n) is 8.70. The molecule has 2 N–H and O–H groups in total. The topological polar surface area (TPSA) is 57.5 Å². The Labute approximate surface area is 162 Å². The standard InChI is InChI=1S/C24H32O3/c1-17-7-11-19(5-3-6-22(25)24(2)15-4-16-24)21(17)14-10-18-8-12-20(13-9-18)23(26)27/h3,5,8-9,12-13,19,21-22,25H,1,4,6-7,10-11,14-16H2,2H3,(H,26,27)/b5-3+/t19-,21-,22?/m0/s1. The van der Waals surface area contributed by atoms with E-state index < -0.39 is 5.97 Å². The van der Waals surface area contributed by atoms with Crippen LogP contribution in [-0.2, 0) is 6.42 Å². The van der Waals surface area contributed by atoms with Crippen molar-refractivity contribution in [2.24, 2.45) is 17.3 Å². The van der Waals surface area contributed by atoms with Crippen molar-refractivity contribution in [1.29, 1.82) is 0 Å². The molecule has 0 spiro atoms. The molecule has 1 unspecified atom stereocenters. The Morgan fingerprint density at radius 2 is 2.04 bits per heavy atom.